The zero-order chi connectivity index (χ0) is 12.0. The van der Waals surface area contributed by atoms with Gasteiger partial charge < -0.3 is 10.6 Å². The summed E-state index contributed by atoms with van der Waals surface area (Å²) in [5, 5.41) is 6.32. The van der Waals surface area contributed by atoms with Crippen LogP contribution < -0.4 is 10.6 Å². The van der Waals surface area contributed by atoms with E-state index in [1.54, 1.807) is 0 Å². The number of amides is 1. The summed E-state index contributed by atoms with van der Waals surface area (Å²) in [5.41, 5.74) is 0. The molecule has 0 heterocycles. The molecule has 2 N–H and O–H groups in total. The molecule has 0 spiro atoms. The number of carbonyl (C=O) groups is 1. The fourth-order valence-electron chi connectivity index (χ4n) is 2.29. The summed E-state index contributed by atoms with van der Waals surface area (Å²) in [6.07, 6.45) is 6.28. The highest BCUT2D eigenvalue weighted by Gasteiger charge is 2.22. The number of carbonyl (C=O) groups excluding carboxylic acids is 1. The maximum absolute atomic E-state index is 11.7. The van der Waals surface area contributed by atoms with E-state index in [1.807, 2.05) is 0 Å². The predicted molar refractivity (Wildman–Crippen MR) is 67.3 cm³/mol. The maximum Gasteiger partial charge on any atom is 0.234 e. The molecule has 1 unspecified atom stereocenters. The molecule has 2 atom stereocenters. The van der Waals surface area contributed by atoms with Gasteiger partial charge in [-0.05, 0) is 39.0 Å². The lowest BCUT2D eigenvalue weighted by Gasteiger charge is -2.21. The summed E-state index contributed by atoms with van der Waals surface area (Å²) in [6, 6.07) is 0.765. The summed E-state index contributed by atoms with van der Waals surface area (Å²) in [6.45, 7) is 6.81. The first-order valence-electron chi connectivity index (χ1n) is 6.66. The molecule has 0 aromatic rings. The second kappa shape index (κ2) is 6.89. The van der Waals surface area contributed by atoms with Gasteiger partial charge in [-0.15, -0.1) is 0 Å². The van der Waals surface area contributed by atoms with Crippen molar-refractivity contribution in [3.8, 4) is 0 Å². The Labute approximate surface area is 99.4 Å². The second-order valence-electron chi connectivity index (χ2n) is 5.09. The zero-order valence-corrected chi connectivity index (χ0v) is 10.9. The Hall–Kier alpha value is -0.570. The Morgan fingerprint density at radius 3 is 2.50 bits per heavy atom. The minimum Gasteiger partial charge on any atom is -0.352 e. The summed E-state index contributed by atoms with van der Waals surface area (Å²) >= 11 is 0. The van der Waals surface area contributed by atoms with Crippen molar-refractivity contribution >= 4 is 5.91 Å². The number of hydrogen-bond donors (Lipinski definition) is 2. The van der Waals surface area contributed by atoms with Crippen LogP contribution in [-0.4, -0.2) is 24.5 Å². The van der Waals surface area contributed by atoms with Crippen LogP contribution in [0.3, 0.4) is 0 Å². The highest BCUT2D eigenvalue weighted by molar-refractivity contribution is 5.78. The Morgan fingerprint density at radius 2 is 1.94 bits per heavy atom. The van der Waals surface area contributed by atoms with Gasteiger partial charge in [-0.2, -0.15) is 0 Å². The Morgan fingerprint density at radius 1 is 1.31 bits per heavy atom. The van der Waals surface area contributed by atoms with Crippen LogP contribution in [0.5, 0.6) is 0 Å². The summed E-state index contributed by atoms with van der Waals surface area (Å²) in [4.78, 5) is 11.7. The van der Waals surface area contributed by atoms with Crippen LogP contribution in [0.2, 0.25) is 0 Å². The van der Waals surface area contributed by atoms with Gasteiger partial charge in [0.15, 0.2) is 0 Å². The van der Waals surface area contributed by atoms with Crippen LogP contribution >= 0.6 is 0 Å². The van der Waals surface area contributed by atoms with E-state index in [0.717, 1.165) is 6.42 Å². The molecule has 1 saturated carbocycles. The predicted octanol–water partition coefficient (Wildman–Crippen LogP) is 2.07. The third-order valence-electron chi connectivity index (χ3n) is 3.72. The summed E-state index contributed by atoms with van der Waals surface area (Å²) in [5.74, 6) is 0.840. The van der Waals surface area contributed by atoms with Gasteiger partial charge in [0.2, 0.25) is 5.91 Å². The summed E-state index contributed by atoms with van der Waals surface area (Å²) < 4.78 is 0. The molecule has 0 aromatic heterocycles. The van der Waals surface area contributed by atoms with Gasteiger partial charge in [0.05, 0.1) is 6.54 Å². The fraction of sp³-hybridized carbons (Fsp3) is 0.923. The number of nitrogens with one attached hydrogen (secondary N) is 2. The van der Waals surface area contributed by atoms with Gasteiger partial charge in [-0.1, -0.05) is 19.8 Å². The van der Waals surface area contributed by atoms with Crippen molar-refractivity contribution in [2.24, 2.45) is 5.92 Å². The van der Waals surface area contributed by atoms with Crippen molar-refractivity contribution in [1.82, 2.24) is 10.6 Å². The molecule has 0 bridgehead atoms. The number of hydrogen-bond acceptors (Lipinski definition) is 2. The molecule has 0 radical (unpaired) electrons. The largest absolute Gasteiger partial charge is 0.352 e. The van der Waals surface area contributed by atoms with Crippen LogP contribution in [-0.2, 0) is 4.79 Å². The van der Waals surface area contributed by atoms with E-state index < -0.39 is 0 Å². The molecule has 1 amide bonds. The SMILES string of the molecule is CCC(C)NCC(=O)N[C@H](C)C1CCCC1. The van der Waals surface area contributed by atoms with E-state index in [-0.39, 0.29) is 5.91 Å². The van der Waals surface area contributed by atoms with Crippen LogP contribution in [0, 0.1) is 5.92 Å². The van der Waals surface area contributed by atoms with Crippen molar-refractivity contribution in [2.45, 2.75) is 65.0 Å². The molecular weight excluding hydrogens is 200 g/mol. The Bertz CT molecular complexity index is 212. The minimum atomic E-state index is 0.139. The van der Waals surface area contributed by atoms with Gasteiger partial charge >= 0.3 is 0 Å². The quantitative estimate of drug-likeness (QED) is 0.728. The van der Waals surface area contributed by atoms with E-state index in [0.29, 0.717) is 24.5 Å². The molecule has 3 nitrogen and oxygen atoms in total. The first kappa shape index (κ1) is 13.5. The molecule has 0 saturated heterocycles. The van der Waals surface area contributed by atoms with Crippen molar-refractivity contribution in [2.75, 3.05) is 6.54 Å². The molecule has 1 fully saturated rings. The van der Waals surface area contributed by atoms with Gasteiger partial charge in [-0.25, -0.2) is 0 Å². The van der Waals surface area contributed by atoms with Crippen molar-refractivity contribution in [1.29, 1.82) is 0 Å². The molecule has 16 heavy (non-hydrogen) atoms. The van der Waals surface area contributed by atoms with Gasteiger partial charge in [0, 0.05) is 12.1 Å². The Kier molecular flexibility index (Phi) is 5.81. The molecule has 1 aliphatic carbocycles. The van der Waals surface area contributed by atoms with Crippen LogP contribution in [0.1, 0.15) is 52.9 Å². The average molecular weight is 226 g/mol. The zero-order valence-electron chi connectivity index (χ0n) is 10.9. The fourth-order valence-corrected chi connectivity index (χ4v) is 2.29. The average Bonchev–Trinajstić information content (AvgIpc) is 2.79. The normalized spacial score (nSPS) is 20.7. The van der Waals surface area contributed by atoms with E-state index >= 15 is 0 Å². The van der Waals surface area contributed by atoms with Gasteiger partial charge in [-0.3, -0.25) is 4.79 Å². The lowest BCUT2D eigenvalue weighted by atomic mass is 10.00. The summed E-state index contributed by atoms with van der Waals surface area (Å²) in [7, 11) is 0. The highest BCUT2D eigenvalue weighted by atomic mass is 16.1. The van der Waals surface area contributed by atoms with E-state index in [2.05, 4.69) is 31.4 Å². The molecule has 94 valence electrons. The monoisotopic (exact) mass is 226 g/mol. The van der Waals surface area contributed by atoms with E-state index in [4.69, 9.17) is 0 Å². The third-order valence-corrected chi connectivity index (χ3v) is 3.72. The standard InChI is InChI=1S/C13H26N2O/c1-4-10(2)14-9-13(16)15-11(3)12-7-5-6-8-12/h10-12,14H,4-9H2,1-3H3,(H,15,16)/t10?,11-/m1/s1. The van der Waals surface area contributed by atoms with Crippen LogP contribution in [0.25, 0.3) is 0 Å². The van der Waals surface area contributed by atoms with E-state index in [9.17, 15) is 4.79 Å². The smallest absolute Gasteiger partial charge is 0.234 e. The second-order valence-corrected chi connectivity index (χ2v) is 5.09. The van der Waals surface area contributed by atoms with Crippen molar-refractivity contribution in [3.63, 3.8) is 0 Å². The molecular formula is C13H26N2O. The Balaban J connectivity index is 2.17. The first-order chi connectivity index (χ1) is 7.63. The number of rotatable bonds is 6. The minimum absolute atomic E-state index is 0.139. The van der Waals surface area contributed by atoms with Crippen molar-refractivity contribution in [3.05, 3.63) is 0 Å². The lowest BCUT2D eigenvalue weighted by molar-refractivity contribution is -0.121. The van der Waals surface area contributed by atoms with Gasteiger partial charge in [0.25, 0.3) is 0 Å². The molecule has 0 aliphatic heterocycles. The first-order valence-corrected chi connectivity index (χ1v) is 6.66. The van der Waals surface area contributed by atoms with Crippen LogP contribution in [0.15, 0.2) is 0 Å². The maximum atomic E-state index is 11.7. The molecule has 1 rings (SSSR count). The topological polar surface area (TPSA) is 41.1 Å². The van der Waals surface area contributed by atoms with Gasteiger partial charge in [0.1, 0.15) is 0 Å². The van der Waals surface area contributed by atoms with Crippen molar-refractivity contribution < 1.29 is 4.79 Å². The molecule has 1 aliphatic rings. The van der Waals surface area contributed by atoms with Crippen LogP contribution in [0.4, 0.5) is 0 Å². The lowest BCUT2D eigenvalue weighted by Crippen LogP contribution is -2.43. The molecule has 0 aromatic carbocycles. The molecule has 3 heteroatoms. The third kappa shape index (κ3) is 4.52. The highest BCUT2D eigenvalue weighted by Crippen LogP contribution is 2.27. The van der Waals surface area contributed by atoms with E-state index in [1.165, 1.54) is 25.7 Å².